The highest BCUT2D eigenvalue weighted by molar-refractivity contribution is 7.17. The van der Waals surface area contributed by atoms with Crippen molar-refractivity contribution >= 4 is 27.5 Å². The average molecular weight is 305 g/mol. The Morgan fingerprint density at radius 3 is 3.00 bits per heavy atom. The van der Waals surface area contributed by atoms with Crippen LogP contribution in [0, 0.1) is 0 Å². The molecule has 0 atom stereocenters. The summed E-state index contributed by atoms with van der Waals surface area (Å²) in [5.41, 5.74) is 0.100. The molecule has 3 aromatic heterocycles. The summed E-state index contributed by atoms with van der Waals surface area (Å²) in [5, 5.41) is 4.36. The smallest absolute Gasteiger partial charge is 0.328 e. The second kappa shape index (κ2) is 5.41. The van der Waals surface area contributed by atoms with Gasteiger partial charge in [0.05, 0.1) is 17.3 Å². The number of fused-ring (bicyclic) bond motifs is 1. The Kier molecular flexibility index (Phi) is 3.44. The first kappa shape index (κ1) is 13.4. The monoisotopic (exact) mass is 305 g/mol. The van der Waals surface area contributed by atoms with E-state index in [1.165, 1.54) is 29.9 Å². The third-order valence-corrected chi connectivity index (χ3v) is 3.90. The van der Waals surface area contributed by atoms with E-state index in [0.717, 1.165) is 4.57 Å². The molecule has 0 radical (unpaired) electrons. The number of carbonyl (C=O) groups is 1. The average Bonchev–Trinajstić information content (AvgIpc) is 3.12. The van der Waals surface area contributed by atoms with Gasteiger partial charge in [-0.25, -0.2) is 4.79 Å². The summed E-state index contributed by atoms with van der Waals surface area (Å²) in [5.74, 6) is -0.314. The lowest BCUT2D eigenvalue weighted by atomic mass is 10.3. The molecule has 21 heavy (non-hydrogen) atoms. The summed E-state index contributed by atoms with van der Waals surface area (Å²) in [6.45, 7) is 0.273. The number of nitrogens with one attached hydrogen (secondary N) is 2. The van der Waals surface area contributed by atoms with Crippen LogP contribution in [-0.4, -0.2) is 22.0 Å². The van der Waals surface area contributed by atoms with Crippen LogP contribution in [0.15, 0.2) is 44.0 Å². The number of thiophene rings is 1. The molecule has 7 nitrogen and oxygen atoms in total. The molecule has 0 aliphatic rings. The fraction of sp³-hybridized carbons (Fsp3) is 0.154. The van der Waals surface area contributed by atoms with E-state index in [2.05, 4.69) is 10.3 Å². The number of rotatable bonds is 4. The number of hydrogen-bond donors (Lipinski definition) is 2. The van der Waals surface area contributed by atoms with Crippen molar-refractivity contribution in [1.29, 1.82) is 0 Å². The maximum absolute atomic E-state index is 12.1. The van der Waals surface area contributed by atoms with E-state index in [1.807, 2.05) is 0 Å². The maximum Gasteiger partial charge on any atom is 0.328 e. The Morgan fingerprint density at radius 1 is 1.38 bits per heavy atom. The molecule has 0 aliphatic heterocycles. The van der Waals surface area contributed by atoms with Gasteiger partial charge in [-0.1, -0.05) is 0 Å². The number of aromatic amines is 1. The standard InChI is InChI=1S/C13H11N3O4S/c17-11(8-1-5-20-7-8)14-3-4-16-12(18)10-9(2-6-21-10)15-13(16)19/h1-2,5-7H,3-4H2,(H,14,17)(H,15,19). The predicted molar refractivity (Wildman–Crippen MR) is 77.7 cm³/mol. The van der Waals surface area contributed by atoms with Gasteiger partial charge in [-0.15, -0.1) is 11.3 Å². The lowest BCUT2D eigenvalue weighted by Gasteiger charge is -2.06. The van der Waals surface area contributed by atoms with Gasteiger partial charge in [-0.2, -0.15) is 0 Å². The molecule has 8 heteroatoms. The molecular weight excluding hydrogens is 294 g/mol. The van der Waals surface area contributed by atoms with Gasteiger partial charge in [0.2, 0.25) is 0 Å². The molecular formula is C13H11N3O4S. The van der Waals surface area contributed by atoms with Gasteiger partial charge in [-0.05, 0) is 17.5 Å². The first-order valence-electron chi connectivity index (χ1n) is 6.17. The summed E-state index contributed by atoms with van der Waals surface area (Å²) in [7, 11) is 0. The van der Waals surface area contributed by atoms with E-state index in [9.17, 15) is 14.4 Å². The number of nitrogens with zero attached hydrogens (tertiary/aromatic N) is 1. The molecule has 0 spiro atoms. The molecule has 108 valence electrons. The molecule has 1 amide bonds. The van der Waals surface area contributed by atoms with E-state index < -0.39 is 5.69 Å². The maximum atomic E-state index is 12.1. The van der Waals surface area contributed by atoms with E-state index in [0.29, 0.717) is 15.8 Å². The van der Waals surface area contributed by atoms with E-state index in [4.69, 9.17) is 4.42 Å². The second-order valence-corrected chi connectivity index (χ2v) is 5.23. The van der Waals surface area contributed by atoms with Gasteiger partial charge in [0.15, 0.2) is 0 Å². The van der Waals surface area contributed by atoms with E-state index in [1.54, 1.807) is 11.4 Å². The molecule has 3 heterocycles. The number of hydrogen-bond acceptors (Lipinski definition) is 5. The lowest BCUT2D eigenvalue weighted by Crippen LogP contribution is -2.38. The second-order valence-electron chi connectivity index (χ2n) is 4.32. The number of H-pyrrole nitrogens is 1. The van der Waals surface area contributed by atoms with Crippen LogP contribution >= 0.6 is 11.3 Å². The quantitative estimate of drug-likeness (QED) is 0.744. The molecule has 2 N–H and O–H groups in total. The minimum atomic E-state index is -0.483. The fourth-order valence-corrected chi connectivity index (χ4v) is 2.75. The summed E-state index contributed by atoms with van der Waals surface area (Å²) < 4.78 is 6.38. The van der Waals surface area contributed by atoms with Crippen molar-refractivity contribution in [2.45, 2.75) is 6.54 Å². The van der Waals surface area contributed by atoms with Crippen molar-refractivity contribution in [2.24, 2.45) is 0 Å². The summed E-state index contributed by atoms with van der Waals surface area (Å²) in [6.07, 6.45) is 2.72. The highest BCUT2D eigenvalue weighted by atomic mass is 32.1. The zero-order valence-electron chi connectivity index (χ0n) is 10.8. The van der Waals surface area contributed by atoms with Crippen LogP contribution < -0.4 is 16.6 Å². The van der Waals surface area contributed by atoms with Crippen LogP contribution in [0.3, 0.4) is 0 Å². The highest BCUT2D eigenvalue weighted by Crippen LogP contribution is 2.11. The zero-order valence-corrected chi connectivity index (χ0v) is 11.6. The number of carbonyl (C=O) groups excluding carboxylic acids is 1. The number of amides is 1. The third kappa shape index (κ3) is 2.52. The number of furan rings is 1. The van der Waals surface area contributed by atoms with Crippen molar-refractivity contribution in [3.8, 4) is 0 Å². The minimum absolute atomic E-state index is 0.103. The van der Waals surface area contributed by atoms with Crippen LogP contribution in [0.1, 0.15) is 10.4 Å². The van der Waals surface area contributed by atoms with Crippen molar-refractivity contribution < 1.29 is 9.21 Å². The number of aromatic nitrogens is 2. The van der Waals surface area contributed by atoms with Crippen LogP contribution in [0.2, 0.25) is 0 Å². The summed E-state index contributed by atoms with van der Waals surface area (Å²) in [4.78, 5) is 38.3. The Hall–Kier alpha value is -2.61. The Balaban J connectivity index is 1.75. The summed E-state index contributed by atoms with van der Waals surface area (Å²) >= 11 is 1.27. The van der Waals surface area contributed by atoms with Crippen LogP contribution in [-0.2, 0) is 6.54 Å². The van der Waals surface area contributed by atoms with Crippen molar-refractivity contribution in [3.63, 3.8) is 0 Å². The SMILES string of the molecule is O=C(NCCn1c(=O)[nH]c2ccsc2c1=O)c1ccoc1. The Labute approximate surface area is 121 Å². The molecule has 0 saturated heterocycles. The van der Waals surface area contributed by atoms with E-state index in [-0.39, 0.29) is 24.6 Å². The largest absolute Gasteiger partial charge is 0.472 e. The van der Waals surface area contributed by atoms with Crippen molar-refractivity contribution in [1.82, 2.24) is 14.9 Å². The molecule has 0 fully saturated rings. The topological polar surface area (TPSA) is 97.1 Å². The normalized spacial score (nSPS) is 10.9. The van der Waals surface area contributed by atoms with E-state index >= 15 is 0 Å². The fourth-order valence-electron chi connectivity index (χ4n) is 1.95. The molecule has 3 rings (SSSR count). The molecule has 0 unspecified atom stereocenters. The molecule has 3 aromatic rings. The molecule has 0 saturated carbocycles. The first-order valence-corrected chi connectivity index (χ1v) is 7.05. The molecule has 0 aromatic carbocycles. The van der Waals surface area contributed by atoms with Gasteiger partial charge >= 0.3 is 5.69 Å². The van der Waals surface area contributed by atoms with Crippen LogP contribution in [0.25, 0.3) is 10.2 Å². The van der Waals surface area contributed by atoms with Crippen LogP contribution in [0.4, 0.5) is 0 Å². The third-order valence-electron chi connectivity index (χ3n) is 3.00. The summed E-state index contributed by atoms with van der Waals surface area (Å²) in [6, 6.07) is 3.22. The van der Waals surface area contributed by atoms with Gasteiger partial charge < -0.3 is 14.7 Å². The lowest BCUT2D eigenvalue weighted by molar-refractivity contribution is 0.0951. The highest BCUT2D eigenvalue weighted by Gasteiger charge is 2.10. The zero-order chi connectivity index (χ0) is 14.8. The molecule has 0 aliphatic carbocycles. The Morgan fingerprint density at radius 2 is 2.24 bits per heavy atom. The Bertz CT molecular complexity index is 888. The van der Waals surface area contributed by atoms with Gasteiger partial charge in [0, 0.05) is 13.1 Å². The minimum Gasteiger partial charge on any atom is -0.472 e. The van der Waals surface area contributed by atoms with Crippen LogP contribution in [0.5, 0.6) is 0 Å². The van der Waals surface area contributed by atoms with Gasteiger partial charge in [-0.3, -0.25) is 14.2 Å². The first-order chi connectivity index (χ1) is 10.2. The predicted octanol–water partition coefficient (Wildman–Crippen LogP) is 0.774. The van der Waals surface area contributed by atoms with Crippen molar-refractivity contribution in [2.75, 3.05) is 6.54 Å². The van der Waals surface area contributed by atoms with Crippen molar-refractivity contribution in [3.05, 3.63) is 56.4 Å². The van der Waals surface area contributed by atoms with Gasteiger partial charge in [0.1, 0.15) is 11.0 Å². The van der Waals surface area contributed by atoms with Gasteiger partial charge in [0.25, 0.3) is 11.5 Å². The molecule has 0 bridgehead atoms.